The van der Waals surface area contributed by atoms with Crippen molar-refractivity contribution < 1.29 is 14.3 Å². The average molecular weight is 204 g/mol. The number of primary amides is 1. The molecule has 14 heavy (non-hydrogen) atoms. The highest BCUT2D eigenvalue weighted by Crippen LogP contribution is 1.98. The van der Waals surface area contributed by atoms with E-state index in [9.17, 15) is 4.79 Å². The van der Waals surface area contributed by atoms with E-state index in [2.05, 4.69) is 0 Å². The molecule has 5 heteroatoms. The van der Waals surface area contributed by atoms with Crippen LogP contribution in [0.1, 0.15) is 20.8 Å². The Labute approximate surface area is 84.7 Å². The van der Waals surface area contributed by atoms with Gasteiger partial charge in [0.1, 0.15) is 5.54 Å². The van der Waals surface area contributed by atoms with Crippen molar-refractivity contribution in [3.63, 3.8) is 0 Å². The lowest BCUT2D eigenvalue weighted by molar-refractivity contribution is -0.125. The second kappa shape index (κ2) is 5.95. The molecule has 0 bridgehead atoms. The summed E-state index contributed by atoms with van der Waals surface area (Å²) in [5, 5.41) is 0. The van der Waals surface area contributed by atoms with Gasteiger partial charge in [-0.3, -0.25) is 4.79 Å². The molecule has 84 valence electrons. The van der Waals surface area contributed by atoms with Gasteiger partial charge in [0, 0.05) is 0 Å². The number of hydrogen-bond acceptors (Lipinski definition) is 4. The van der Waals surface area contributed by atoms with Gasteiger partial charge in [-0.05, 0) is 20.8 Å². The molecular weight excluding hydrogens is 184 g/mol. The second-order valence-electron chi connectivity index (χ2n) is 3.75. The van der Waals surface area contributed by atoms with Gasteiger partial charge >= 0.3 is 0 Å². The van der Waals surface area contributed by atoms with E-state index in [1.165, 1.54) is 0 Å². The molecular formula is C9H20N2O3. The van der Waals surface area contributed by atoms with E-state index in [1.807, 2.05) is 13.8 Å². The van der Waals surface area contributed by atoms with Crippen molar-refractivity contribution >= 4 is 5.91 Å². The molecule has 0 saturated carbocycles. The Kier molecular flexibility index (Phi) is 5.68. The maximum Gasteiger partial charge on any atom is 0.239 e. The lowest BCUT2D eigenvalue weighted by atomic mass is 10.1. The summed E-state index contributed by atoms with van der Waals surface area (Å²) >= 11 is 0. The van der Waals surface area contributed by atoms with Crippen molar-refractivity contribution in [1.29, 1.82) is 0 Å². The molecule has 0 heterocycles. The van der Waals surface area contributed by atoms with Crippen LogP contribution in [0.3, 0.4) is 0 Å². The van der Waals surface area contributed by atoms with Crippen molar-refractivity contribution in [2.24, 2.45) is 11.5 Å². The minimum absolute atomic E-state index is 0.115. The predicted octanol–water partition coefficient (Wildman–Crippen LogP) is -0.369. The largest absolute Gasteiger partial charge is 0.377 e. The predicted molar refractivity (Wildman–Crippen MR) is 53.7 cm³/mol. The van der Waals surface area contributed by atoms with Crippen molar-refractivity contribution in [3.8, 4) is 0 Å². The first-order valence-electron chi connectivity index (χ1n) is 4.64. The number of rotatable bonds is 7. The van der Waals surface area contributed by atoms with E-state index in [0.29, 0.717) is 13.2 Å². The van der Waals surface area contributed by atoms with Crippen molar-refractivity contribution in [3.05, 3.63) is 0 Å². The van der Waals surface area contributed by atoms with Gasteiger partial charge in [-0.1, -0.05) is 0 Å². The first-order chi connectivity index (χ1) is 6.36. The number of nitrogens with two attached hydrogens (primary N) is 2. The normalized spacial score (nSPS) is 15.5. The SMILES string of the molecule is CC(C)OCCOCC(C)(N)C(N)=O. The molecule has 0 spiro atoms. The highest BCUT2D eigenvalue weighted by molar-refractivity contribution is 5.83. The minimum Gasteiger partial charge on any atom is -0.377 e. The van der Waals surface area contributed by atoms with Gasteiger partial charge in [0.2, 0.25) is 5.91 Å². The van der Waals surface area contributed by atoms with Crippen molar-refractivity contribution in [2.45, 2.75) is 32.4 Å². The number of carbonyl (C=O) groups excluding carboxylic acids is 1. The van der Waals surface area contributed by atoms with E-state index >= 15 is 0 Å². The fraction of sp³-hybridized carbons (Fsp3) is 0.889. The molecule has 1 unspecified atom stereocenters. The maximum absolute atomic E-state index is 10.8. The highest BCUT2D eigenvalue weighted by Gasteiger charge is 2.25. The van der Waals surface area contributed by atoms with Gasteiger partial charge < -0.3 is 20.9 Å². The van der Waals surface area contributed by atoms with E-state index in [-0.39, 0.29) is 12.7 Å². The average Bonchev–Trinajstić information content (AvgIpc) is 2.02. The van der Waals surface area contributed by atoms with Crippen molar-refractivity contribution in [2.75, 3.05) is 19.8 Å². The van der Waals surface area contributed by atoms with Gasteiger partial charge in [0.15, 0.2) is 0 Å². The fourth-order valence-electron chi connectivity index (χ4n) is 0.698. The van der Waals surface area contributed by atoms with Crippen LogP contribution in [0.25, 0.3) is 0 Å². The second-order valence-corrected chi connectivity index (χ2v) is 3.75. The third-order valence-electron chi connectivity index (χ3n) is 1.64. The van der Waals surface area contributed by atoms with Crippen molar-refractivity contribution in [1.82, 2.24) is 0 Å². The van der Waals surface area contributed by atoms with E-state index in [0.717, 1.165) is 0 Å². The Morgan fingerprint density at radius 1 is 1.43 bits per heavy atom. The molecule has 0 saturated heterocycles. The van der Waals surface area contributed by atoms with Gasteiger partial charge in [0.25, 0.3) is 0 Å². The van der Waals surface area contributed by atoms with Crippen LogP contribution in [0, 0.1) is 0 Å². The standard InChI is InChI=1S/C9H20N2O3/c1-7(2)14-5-4-13-6-9(3,11)8(10)12/h7H,4-6,11H2,1-3H3,(H2,10,12). The molecule has 4 N–H and O–H groups in total. The zero-order valence-corrected chi connectivity index (χ0v) is 9.08. The summed E-state index contributed by atoms with van der Waals surface area (Å²) in [6, 6.07) is 0. The van der Waals surface area contributed by atoms with Crippen LogP contribution in [0.4, 0.5) is 0 Å². The van der Waals surface area contributed by atoms with Crippen LogP contribution in [0.15, 0.2) is 0 Å². The monoisotopic (exact) mass is 204 g/mol. The minimum atomic E-state index is -1.10. The van der Waals surface area contributed by atoms with E-state index in [4.69, 9.17) is 20.9 Å². The van der Waals surface area contributed by atoms with Crippen LogP contribution in [0.5, 0.6) is 0 Å². The third kappa shape index (κ3) is 5.90. The summed E-state index contributed by atoms with van der Waals surface area (Å²) in [7, 11) is 0. The van der Waals surface area contributed by atoms with Gasteiger partial charge in [0.05, 0.1) is 25.9 Å². The molecule has 0 aliphatic rings. The van der Waals surface area contributed by atoms with Crippen LogP contribution in [0.2, 0.25) is 0 Å². The molecule has 5 nitrogen and oxygen atoms in total. The quantitative estimate of drug-likeness (QED) is 0.554. The topological polar surface area (TPSA) is 87.6 Å². The number of amides is 1. The molecule has 0 aliphatic heterocycles. The summed E-state index contributed by atoms with van der Waals surface area (Å²) in [5.74, 6) is -0.567. The molecule has 0 aliphatic carbocycles. The number of carbonyl (C=O) groups is 1. The molecule has 0 rings (SSSR count). The van der Waals surface area contributed by atoms with Gasteiger partial charge in [-0.2, -0.15) is 0 Å². The Morgan fingerprint density at radius 3 is 2.43 bits per heavy atom. The van der Waals surface area contributed by atoms with E-state index < -0.39 is 11.4 Å². The zero-order valence-electron chi connectivity index (χ0n) is 9.08. The lowest BCUT2D eigenvalue weighted by Gasteiger charge is -2.20. The summed E-state index contributed by atoms with van der Waals surface area (Å²) in [6.07, 6.45) is 0.180. The summed E-state index contributed by atoms with van der Waals surface area (Å²) in [6.45, 7) is 6.44. The molecule has 1 atom stereocenters. The fourth-order valence-corrected chi connectivity index (χ4v) is 0.698. The van der Waals surface area contributed by atoms with Crippen LogP contribution < -0.4 is 11.5 Å². The third-order valence-corrected chi connectivity index (χ3v) is 1.64. The van der Waals surface area contributed by atoms with Gasteiger partial charge in [-0.25, -0.2) is 0 Å². The van der Waals surface area contributed by atoms with E-state index in [1.54, 1.807) is 6.92 Å². The van der Waals surface area contributed by atoms with Crippen LogP contribution in [-0.2, 0) is 14.3 Å². The van der Waals surface area contributed by atoms with Crippen LogP contribution in [-0.4, -0.2) is 37.4 Å². The molecule has 0 aromatic carbocycles. The summed E-state index contributed by atoms with van der Waals surface area (Å²) < 4.78 is 10.4. The van der Waals surface area contributed by atoms with Crippen LogP contribution >= 0.6 is 0 Å². The molecule has 0 fully saturated rings. The number of hydrogen-bond donors (Lipinski definition) is 2. The smallest absolute Gasteiger partial charge is 0.239 e. The highest BCUT2D eigenvalue weighted by atomic mass is 16.5. The Hall–Kier alpha value is -0.650. The first-order valence-corrected chi connectivity index (χ1v) is 4.64. The molecule has 0 aromatic rings. The Morgan fingerprint density at radius 2 is 2.00 bits per heavy atom. The molecule has 0 aromatic heterocycles. The van der Waals surface area contributed by atoms with Gasteiger partial charge in [-0.15, -0.1) is 0 Å². The first kappa shape index (κ1) is 13.4. The number of ether oxygens (including phenoxy) is 2. The Bertz CT molecular complexity index is 181. The molecule has 0 radical (unpaired) electrons. The summed E-state index contributed by atoms with van der Waals surface area (Å²) in [5.41, 5.74) is 9.52. The molecule has 1 amide bonds. The lowest BCUT2D eigenvalue weighted by Crippen LogP contribution is -2.53. The summed E-state index contributed by atoms with van der Waals surface area (Å²) in [4.78, 5) is 10.8. The maximum atomic E-state index is 10.8. The Balaban J connectivity index is 3.49. The zero-order chi connectivity index (χ0) is 11.2.